The van der Waals surface area contributed by atoms with Gasteiger partial charge in [-0.1, -0.05) is 39.9 Å². The minimum Gasteiger partial charge on any atom is -0.662 e. The maximum Gasteiger partial charge on any atom is 2.00 e. The number of hydrogen-bond donors (Lipinski definition) is 4. The van der Waals surface area contributed by atoms with Crippen molar-refractivity contribution >= 4 is 22.8 Å². The van der Waals surface area contributed by atoms with E-state index >= 15 is 0 Å². The molecule has 1 rings (SSSR count). The van der Waals surface area contributed by atoms with Gasteiger partial charge in [0.05, 0.1) is 0 Å². The predicted molar refractivity (Wildman–Crippen MR) is 92.9 cm³/mol. The Morgan fingerprint density at radius 1 is 0.625 bits per heavy atom. The van der Waals surface area contributed by atoms with Crippen molar-refractivity contribution in [1.82, 2.24) is 0 Å². The summed E-state index contributed by atoms with van der Waals surface area (Å²) in [6.45, 7) is 8.40. The summed E-state index contributed by atoms with van der Waals surface area (Å²) < 4.78 is 0. The van der Waals surface area contributed by atoms with Gasteiger partial charge in [-0.3, -0.25) is 0 Å². The van der Waals surface area contributed by atoms with Crippen molar-refractivity contribution in [3.8, 4) is 0 Å². The third kappa shape index (κ3) is 18.4. The molecule has 0 unspecified atom stereocenters. The van der Waals surface area contributed by atoms with Crippen LogP contribution in [0.15, 0.2) is 20.6 Å². The summed E-state index contributed by atoms with van der Waals surface area (Å²) in [5.74, 6) is 0. The average molecular weight is 390 g/mol. The van der Waals surface area contributed by atoms with Crippen LogP contribution in [0.4, 0.5) is 0 Å². The topological polar surface area (TPSA) is 144 Å². The molecule has 0 spiro atoms. The van der Waals surface area contributed by atoms with Gasteiger partial charge in [0.2, 0.25) is 0 Å². The quantitative estimate of drug-likeness (QED) is 0.248. The summed E-state index contributed by atoms with van der Waals surface area (Å²) in [5.41, 5.74) is 1.25. The zero-order valence-corrected chi connectivity index (χ0v) is 15.9. The van der Waals surface area contributed by atoms with Crippen LogP contribution in [0.5, 0.6) is 0 Å². The van der Waals surface area contributed by atoms with Crippen LogP contribution in [0.2, 0.25) is 0 Å². The van der Waals surface area contributed by atoms with Crippen LogP contribution < -0.4 is 0 Å². The molecular weight excluding hydrogens is 361 g/mol. The first-order chi connectivity index (χ1) is 10.4. The Balaban J connectivity index is -0.000000121. The zero-order chi connectivity index (χ0) is 17.4. The van der Waals surface area contributed by atoms with Crippen molar-refractivity contribution in [1.29, 1.82) is 0 Å². The van der Waals surface area contributed by atoms with Gasteiger partial charge in [-0.15, -0.1) is 13.1 Å². The summed E-state index contributed by atoms with van der Waals surface area (Å²) in [4.78, 5) is 0. The molecule has 0 aromatic rings. The normalized spacial score (nSPS) is 15.5. The smallest absolute Gasteiger partial charge is 0.662 e. The van der Waals surface area contributed by atoms with Crippen molar-refractivity contribution in [2.24, 2.45) is 20.6 Å². The molecule has 0 saturated carbocycles. The summed E-state index contributed by atoms with van der Waals surface area (Å²) in [5, 5.41) is 47.4. The third-order valence-electron chi connectivity index (χ3n) is 2.78. The Bertz CT molecular complexity index is 332. The molecule has 0 atom stereocenters. The number of piperidine rings is 1. The Morgan fingerprint density at radius 2 is 0.875 bits per heavy atom. The first kappa shape index (κ1) is 30.3. The molecule has 10 heteroatoms. The van der Waals surface area contributed by atoms with E-state index in [0.29, 0.717) is 22.8 Å². The fourth-order valence-electron chi connectivity index (χ4n) is 1.03. The van der Waals surface area contributed by atoms with Crippen LogP contribution in [-0.2, 0) is 16.8 Å². The van der Waals surface area contributed by atoms with Crippen molar-refractivity contribution < 1.29 is 37.6 Å². The van der Waals surface area contributed by atoms with Gasteiger partial charge in [-0.25, -0.2) is 0 Å². The van der Waals surface area contributed by atoms with Crippen molar-refractivity contribution in [3.05, 3.63) is 12.7 Å². The molecule has 1 heterocycles. The van der Waals surface area contributed by atoms with Crippen LogP contribution in [0.3, 0.4) is 0 Å². The van der Waals surface area contributed by atoms with Crippen LogP contribution in [0.25, 0.3) is 5.32 Å². The van der Waals surface area contributed by atoms with E-state index in [1.807, 2.05) is 0 Å². The molecular formula is C14H29CoN5O4. The minimum atomic E-state index is 0. The fraction of sp³-hybridized carbons (Fsp3) is 0.643. The molecule has 0 aromatic carbocycles. The maximum atomic E-state index is 8.03. The van der Waals surface area contributed by atoms with Crippen molar-refractivity contribution in [2.45, 2.75) is 47.0 Å². The van der Waals surface area contributed by atoms with E-state index in [2.05, 4.69) is 25.9 Å². The van der Waals surface area contributed by atoms with Gasteiger partial charge < -0.3 is 33.6 Å². The summed E-state index contributed by atoms with van der Waals surface area (Å²) in [6, 6.07) is 0. The van der Waals surface area contributed by atoms with E-state index in [-0.39, 0.29) is 24.2 Å². The second-order valence-corrected chi connectivity index (χ2v) is 4.47. The summed E-state index contributed by atoms with van der Waals surface area (Å²) >= 11 is 0. The average Bonchev–Trinajstić information content (AvgIpc) is 2.61. The van der Waals surface area contributed by atoms with Crippen LogP contribution in [0.1, 0.15) is 47.0 Å². The monoisotopic (exact) mass is 390 g/mol. The number of oxime groups is 4. The first-order valence-corrected chi connectivity index (χ1v) is 6.83. The predicted octanol–water partition coefficient (Wildman–Crippen LogP) is 3.36. The molecule has 1 radical (unpaired) electrons. The van der Waals surface area contributed by atoms with E-state index < -0.39 is 0 Å². The van der Waals surface area contributed by atoms with Gasteiger partial charge >= 0.3 is 16.8 Å². The molecule has 1 saturated heterocycles. The second-order valence-electron chi connectivity index (χ2n) is 4.47. The Labute approximate surface area is 154 Å². The van der Waals surface area contributed by atoms with E-state index in [4.69, 9.17) is 20.8 Å². The fourth-order valence-corrected chi connectivity index (χ4v) is 1.03. The second kappa shape index (κ2) is 21.3. The van der Waals surface area contributed by atoms with Gasteiger partial charge in [-0.2, -0.15) is 0 Å². The first-order valence-electron chi connectivity index (χ1n) is 6.83. The summed E-state index contributed by atoms with van der Waals surface area (Å²) in [7, 11) is 0. The van der Waals surface area contributed by atoms with E-state index in [1.165, 1.54) is 47.0 Å². The number of rotatable bonds is 2. The van der Waals surface area contributed by atoms with Gasteiger partial charge in [-0.05, 0) is 27.7 Å². The van der Waals surface area contributed by atoms with E-state index in [0.717, 1.165) is 13.1 Å². The molecule has 24 heavy (non-hydrogen) atoms. The molecule has 143 valence electrons. The summed E-state index contributed by atoms with van der Waals surface area (Å²) in [6.07, 6.45) is 4.07. The van der Waals surface area contributed by atoms with Crippen LogP contribution in [-0.4, -0.2) is 56.8 Å². The van der Waals surface area contributed by atoms with Crippen LogP contribution in [0, 0.1) is 7.43 Å². The molecule has 1 aliphatic rings. The minimum absolute atomic E-state index is 0. The Hall–Kier alpha value is -1.65. The van der Waals surface area contributed by atoms with Gasteiger partial charge in [0.25, 0.3) is 0 Å². The van der Waals surface area contributed by atoms with E-state index in [1.54, 1.807) is 0 Å². The zero-order valence-electron chi connectivity index (χ0n) is 14.9. The molecule has 1 aliphatic heterocycles. The van der Waals surface area contributed by atoms with Gasteiger partial charge in [0, 0.05) is 0 Å². The number of nitrogens with zero attached hydrogens (tertiary/aromatic N) is 5. The molecule has 0 aromatic heterocycles. The van der Waals surface area contributed by atoms with Gasteiger partial charge in [0.15, 0.2) is 0 Å². The standard InChI is InChI=1S/C5H10N.2C4H8N2O2.CH3.Co/c1-2-4-6-5-3-1;2*1-3(5-7)4(2)6-8;;/h1-5H2;2*7-8H,1-2H3;1H3;/q-1;;;-1;+2/b;2*5-3+,6-4+;;. The van der Waals surface area contributed by atoms with Gasteiger partial charge in [0.1, 0.15) is 22.8 Å². The molecule has 0 aliphatic carbocycles. The van der Waals surface area contributed by atoms with E-state index in [9.17, 15) is 0 Å². The van der Waals surface area contributed by atoms with Crippen molar-refractivity contribution in [3.63, 3.8) is 0 Å². The largest absolute Gasteiger partial charge is 2.00 e. The number of hydrogen-bond acceptors (Lipinski definition) is 8. The Morgan fingerprint density at radius 3 is 0.958 bits per heavy atom. The molecule has 4 N–H and O–H groups in total. The Kier molecular flexibility index (Phi) is 26.9. The molecule has 9 nitrogen and oxygen atoms in total. The molecule has 0 bridgehead atoms. The molecule has 0 amide bonds. The third-order valence-corrected chi connectivity index (χ3v) is 2.78. The van der Waals surface area contributed by atoms with Crippen molar-refractivity contribution in [2.75, 3.05) is 13.1 Å². The SMILES string of the molecule is C1CC[N-]CC1.CC(=N\O)/C(C)=N/O.CC(=N\O)/C(C)=N/O.[CH3-].[Co+2]. The maximum absolute atomic E-state index is 8.03. The molecule has 1 fully saturated rings. The van der Waals surface area contributed by atoms with Crippen LogP contribution >= 0.6 is 0 Å².